The first-order valence-electron chi connectivity index (χ1n) is 6.72. The van der Waals surface area contributed by atoms with Crippen LogP contribution in [0.5, 0.6) is 0 Å². The van der Waals surface area contributed by atoms with Crippen molar-refractivity contribution in [1.29, 1.82) is 0 Å². The molecule has 0 radical (unpaired) electrons. The van der Waals surface area contributed by atoms with Gasteiger partial charge in [0.2, 0.25) is 0 Å². The first kappa shape index (κ1) is 14.1. The molecular weight excluding hydrogens is 248 g/mol. The smallest absolute Gasteiger partial charge is 0.251 e. The van der Waals surface area contributed by atoms with E-state index in [1.807, 2.05) is 37.4 Å². The number of rotatable bonds is 4. The van der Waals surface area contributed by atoms with Gasteiger partial charge in [-0.3, -0.25) is 4.79 Å². The summed E-state index contributed by atoms with van der Waals surface area (Å²) in [4.78, 5) is 12.1. The molecule has 0 saturated carbocycles. The number of anilines is 1. The molecule has 0 unspecified atom stereocenters. The Morgan fingerprint density at radius 1 is 1.05 bits per heavy atom. The molecule has 1 amide bonds. The monoisotopic (exact) mass is 268 g/mol. The van der Waals surface area contributed by atoms with E-state index in [9.17, 15) is 4.79 Å². The number of nitrogens with one attached hydrogen (secondary N) is 2. The Bertz CT molecular complexity index is 620. The number of amides is 1. The summed E-state index contributed by atoms with van der Waals surface area (Å²) in [5, 5.41) is 5.98. The predicted octanol–water partition coefficient (Wildman–Crippen LogP) is 3.28. The number of aryl methyl sites for hydroxylation is 2. The molecule has 2 rings (SSSR count). The van der Waals surface area contributed by atoms with Crippen LogP contribution >= 0.6 is 0 Å². The first-order valence-corrected chi connectivity index (χ1v) is 6.72. The highest BCUT2D eigenvalue weighted by Crippen LogP contribution is 2.11. The van der Waals surface area contributed by atoms with Crippen molar-refractivity contribution >= 4 is 11.6 Å². The Hall–Kier alpha value is -2.29. The van der Waals surface area contributed by atoms with Crippen molar-refractivity contribution in [2.75, 3.05) is 12.4 Å². The fourth-order valence-electron chi connectivity index (χ4n) is 2.01. The fraction of sp³-hybridized carbons (Fsp3) is 0.235. The third-order valence-electron chi connectivity index (χ3n) is 3.44. The van der Waals surface area contributed by atoms with E-state index in [1.54, 1.807) is 0 Å². The Morgan fingerprint density at radius 3 is 2.55 bits per heavy atom. The molecule has 0 aliphatic heterocycles. The van der Waals surface area contributed by atoms with Crippen LogP contribution < -0.4 is 10.6 Å². The standard InChI is InChI=1S/C17H20N2O/c1-12-7-8-14(9-13(12)2)11-19-17(20)15-5-4-6-16(10-15)18-3/h4-10,18H,11H2,1-3H3,(H,19,20). The molecule has 0 saturated heterocycles. The van der Waals surface area contributed by atoms with Crippen LogP contribution in [0.1, 0.15) is 27.0 Å². The van der Waals surface area contributed by atoms with E-state index in [-0.39, 0.29) is 5.91 Å². The molecule has 2 aromatic carbocycles. The first-order chi connectivity index (χ1) is 9.60. The Morgan fingerprint density at radius 2 is 1.85 bits per heavy atom. The lowest BCUT2D eigenvalue weighted by Gasteiger charge is -2.08. The molecule has 0 heterocycles. The van der Waals surface area contributed by atoms with Gasteiger partial charge in [-0.25, -0.2) is 0 Å². The zero-order chi connectivity index (χ0) is 14.5. The third-order valence-corrected chi connectivity index (χ3v) is 3.44. The van der Waals surface area contributed by atoms with Gasteiger partial charge in [0, 0.05) is 24.8 Å². The molecule has 3 heteroatoms. The Balaban J connectivity index is 2.02. The number of benzene rings is 2. The summed E-state index contributed by atoms with van der Waals surface area (Å²) < 4.78 is 0. The lowest BCUT2D eigenvalue weighted by atomic mass is 10.1. The summed E-state index contributed by atoms with van der Waals surface area (Å²) in [5.74, 6) is -0.0553. The maximum Gasteiger partial charge on any atom is 0.251 e. The van der Waals surface area contributed by atoms with Crippen LogP contribution in [0.25, 0.3) is 0 Å². The molecular formula is C17H20N2O. The lowest BCUT2D eigenvalue weighted by Crippen LogP contribution is -2.22. The van der Waals surface area contributed by atoms with Gasteiger partial charge < -0.3 is 10.6 Å². The third kappa shape index (κ3) is 3.38. The topological polar surface area (TPSA) is 41.1 Å². The van der Waals surface area contributed by atoms with Crippen molar-refractivity contribution in [3.8, 4) is 0 Å². The number of hydrogen-bond acceptors (Lipinski definition) is 2. The molecule has 20 heavy (non-hydrogen) atoms. The van der Waals surface area contributed by atoms with E-state index < -0.39 is 0 Å². The highest BCUT2D eigenvalue weighted by atomic mass is 16.1. The summed E-state index contributed by atoms with van der Waals surface area (Å²) in [6.45, 7) is 4.71. The summed E-state index contributed by atoms with van der Waals surface area (Å²) in [6.07, 6.45) is 0. The van der Waals surface area contributed by atoms with Crippen LogP contribution in [0.3, 0.4) is 0 Å². The van der Waals surface area contributed by atoms with Gasteiger partial charge in [-0.1, -0.05) is 24.3 Å². The van der Waals surface area contributed by atoms with Crippen LogP contribution in [0.15, 0.2) is 42.5 Å². The highest BCUT2D eigenvalue weighted by Gasteiger charge is 2.06. The molecule has 0 bridgehead atoms. The van der Waals surface area contributed by atoms with Gasteiger partial charge in [-0.15, -0.1) is 0 Å². The van der Waals surface area contributed by atoms with E-state index in [4.69, 9.17) is 0 Å². The van der Waals surface area contributed by atoms with Gasteiger partial charge >= 0.3 is 0 Å². The second-order valence-electron chi connectivity index (χ2n) is 4.93. The van der Waals surface area contributed by atoms with Crippen LogP contribution in [0.4, 0.5) is 5.69 Å². The lowest BCUT2D eigenvalue weighted by molar-refractivity contribution is 0.0951. The molecule has 0 spiro atoms. The predicted molar refractivity (Wildman–Crippen MR) is 83.1 cm³/mol. The van der Waals surface area contributed by atoms with E-state index in [2.05, 4.69) is 36.6 Å². The summed E-state index contributed by atoms with van der Waals surface area (Å²) in [5.41, 5.74) is 5.23. The molecule has 104 valence electrons. The average molecular weight is 268 g/mol. The quantitative estimate of drug-likeness (QED) is 0.893. The minimum absolute atomic E-state index is 0.0553. The van der Waals surface area contributed by atoms with Crippen LogP contribution in [-0.4, -0.2) is 13.0 Å². The van der Waals surface area contributed by atoms with Crippen molar-refractivity contribution in [3.05, 3.63) is 64.7 Å². The average Bonchev–Trinajstić information content (AvgIpc) is 2.48. The molecule has 2 N–H and O–H groups in total. The normalized spacial score (nSPS) is 10.2. The Kier molecular flexibility index (Phi) is 4.41. The summed E-state index contributed by atoms with van der Waals surface area (Å²) >= 11 is 0. The van der Waals surface area contributed by atoms with Crippen molar-refractivity contribution < 1.29 is 4.79 Å². The molecule has 0 aliphatic carbocycles. The van der Waals surface area contributed by atoms with Gasteiger partial charge in [0.05, 0.1) is 0 Å². The van der Waals surface area contributed by atoms with Gasteiger partial charge in [0.15, 0.2) is 0 Å². The zero-order valence-corrected chi connectivity index (χ0v) is 12.2. The number of carbonyl (C=O) groups excluding carboxylic acids is 1. The Labute approximate surface area is 120 Å². The van der Waals surface area contributed by atoms with Gasteiger partial charge in [0.1, 0.15) is 0 Å². The summed E-state index contributed by atoms with van der Waals surface area (Å²) in [6, 6.07) is 13.7. The number of carbonyl (C=O) groups is 1. The van der Waals surface area contributed by atoms with Crippen molar-refractivity contribution in [1.82, 2.24) is 5.32 Å². The van der Waals surface area contributed by atoms with Crippen molar-refractivity contribution in [2.45, 2.75) is 20.4 Å². The molecule has 0 aromatic heterocycles. The molecule has 2 aromatic rings. The maximum absolute atomic E-state index is 12.1. The van der Waals surface area contributed by atoms with E-state index in [0.29, 0.717) is 12.1 Å². The summed E-state index contributed by atoms with van der Waals surface area (Å²) in [7, 11) is 1.84. The van der Waals surface area contributed by atoms with Crippen molar-refractivity contribution in [3.63, 3.8) is 0 Å². The SMILES string of the molecule is CNc1cccc(C(=O)NCc2ccc(C)c(C)c2)c1. The number of hydrogen-bond donors (Lipinski definition) is 2. The van der Waals surface area contributed by atoms with E-state index >= 15 is 0 Å². The van der Waals surface area contributed by atoms with Crippen LogP contribution in [0.2, 0.25) is 0 Å². The van der Waals surface area contributed by atoms with E-state index in [1.165, 1.54) is 11.1 Å². The second kappa shape index (κ2) is 6.24. The van der Waals surface area contributed by atoms with E-state index in [0.717, 1.165) is 11.3 Å². The molecule has 0 fully saturated rings. The molecule has 0 aliphatic rings. The molecule has 3 nitrogen and oxygen atoms in total. The minimum atomic E-state index is -0.0553. The highest BCUT2D eigenvalue weighted by molar-refractivity contribution is 5.95. The maximum atomic E-state index is 12.1. The van der Waals surface area contributed by atoms with Gasteiger partial charge in [-0.2, -0.15) is 0 Å². The second-order valence-corrected chi connectivity index (χ2v) is 4.93. The fourth-order valence-corrected chi connectivity index (χ4v) is 2.01. The minimum Gasteiger partial charge on any atom is -0.388 e. The van der Waals surface area contributed by atoms with Gasteiger partial charge in [0.25, 0.3) is 5.91 Å². The zero-order valence-electron chi connectivity index (χ0n) is 12.2. The van der Waals surface area contributed by atoms with Crippen LogP contribution in [0, 0.1) is 13.8 Å². The molecule has 0 atom stereocenters. The largest absolute Gasteiger partial charge is 0.388 e. The van der Waals surface area contributed by atoms with Crippen LogP contribution in [-0.2, 0) is 6.54 Å². The van der Waals surface area contributed by atoms with Gasteiger partial charge in [-0.05, 0) is 48.7 Å². The van der Waals surface area contributed by atoms with Crippen molar-refractivity contribution in [2.24, 2.45) is 0 Å².